The van der Waals surface area contributed by atoms with Crippen LogP contribution in [0.1, 0.15) is 30.6 Å². The molecule has 4 nitrogen and oxygen atoms in total. The number of carboxylic acid groups (broad SMARTS) is 1. The lowest BCUT2D eigenvalue weighted by molar-refractivity contribution is 0.0692. The van der Waals surface area contributed by atoms with Crippen LogP contribution in [0.3, 0.4) is 0 Å². The number of carbonyl (C=O) groups is 1. The van der Waals surface area contributed by atoms with Gasteiger partial charge < -0.3 is 14.7 Å². The Bertz CT molecular complexity index is 422. The lowest BCUT2D eigenvalue weighted by Crippen LogP contribution is -2.25. The first-order valence-electron chi connectivity index (χ1n) is 7.44. The lowest BCUT2D eigenvalue weighted by Gasteiger charge is -2.17. The van der Waals surface area contributed by atoms with Crippen LogP contribution in [0.25, 0.3) is 0 Å². The van der Waals surface area contributed by atoms with E-state index in [4.69, 9.17) is 9.84 Å². The summed E-state index contributed by atoms with van der Waals surface area (Å²) in [5, 5.41) is 9.05. The van der Waals surface area contributed by atoms with Gasteiger partial charge in [0.15, 0.2) is 0 Å². The molecule has 0 amide bonds. The average Bonchev–Trinajstić information content (AvgIpc) is 2.50. The van der Waals surface area contributed by atoms with Crippen LogP contribution < -0.4 is 4.74 Å². The van der Waals surface area contributed by atoms with E-state index < -0.39 is 5.97 Å². The van der Waals surface area contributed by atoms with Crippen LogP contribution in [-0.2, 0) is 0 Å². The maximum Gasteiger partial charge on any atom is 0.339 e. The van der Waals surface area contributed by atoms with E-state index in [-0.39, 0.29) is 5.56 Å². The van der Waals surface area contributed by atoms with Gasteiger partial charge in [0.05, 0.1) is 6.61 Å². The molecule has 5 heteroatoms. The predicted octanol–water partition coefficient (Wildman–Crippen LogP) is 3.23. The quantitative estimate of drug-likeness (QED) is 0.636. The van der Waals surface area contributed by atoms with Crippen molar-refractivity contribution in [3.05, 3.63) is 29.8 Å². The lowest BCUT2D eigenvalue weighted by atomic mass is 10.2. The van der Waals surface area contributed by atoms with Crippen LogP contribution in [0, 0.1) is 0 Å². The molecule has 0 saturated heterocycles. The molecule has 0 saturated carbocycles. The summed E-state index contributed by atoms with van der Waals surface area (Å²) in [6.07, 6.45) is 0.927. The van der Waals surface area contributed by atoms with Crippen LogP contribution >= 0.6 is 11.8 Å². The van der Waals surface area contributed by atoms with Gasteiger partial charge in [-0.05, 0) is 37.4 Å². The van der Waals surface area contributed by atoms with Crippen molar-refractivity contribution in [1.82, 2.24) is 4.90 Å². The summed E-state index contributed by atoms with van der Waals surface area (Å²) in [7, 11) is 0. The molecule has 0 aliphatic rings. The fraction of sp³-hybridized carbons (Fsp3) is 0.562. The van der Waals surface area contributed by atoms with Gasteiger partial charge in [-0.2, -0.15) is 11.8 Å². The third-order valence-electron chi connectivity index (χ3n) is 3.25. The molecule has 0 aliphatic carbocycles. The molecule has 1 rings (SSSR count). The summed E-state index contributed by atoms with van der Waals surface area (Å²) in [5.41, 5.74) is 0.228. The standard InChI is InChI=1S/C16H25NO3S/c1-3-17(4-2)10-13-21-12-7-11-20-15-9-6-5-8-14(15)16(18)19/h5-6,8-9H,3-4,7,10-13H2,1-2H3,(H,18,19). The summed E-state index contributed by atoms with van der Waals surface area (Å²) in [6.45, 7) is 8.25. The number of hydrogen-bond donors (Lipinski definition) is 1. The van der Waals surface area contributed by atoms with Gasteiger partial charge >= 0.3 is 5.97 Å². The van der Waals surface area contributed by atoms with Crippen molar-refractivity contribution in [3.63, 3.8) is 0 Å². The van der Waals surface area contributed by atoms with Crippen LogP contribution in [-0.4, -0.2) is 53.7 Å². The fourth-order valence-electron chi connectivity index (χ4n) is 1.95. The Morgan fingerprint density at radius 1 is 1.24 bits per heavy atom. The van der Waals surface area contributed by atoms with E-state index in [2.05, 4.69) is 18.7 Å². The molecule has 0 aromatic heterocycles. The zero-order valence-corrected chi connectivity index (χ0v) is 13.7. The molecule has 1 N–H and O–H groups in total. The molecule has 0 unspecified atom stereocenters. The van der Waals surface area contributed by atoms with Crippen molar-refractivity contribution < 1.29 is 14.6 Å². The summed E-state index contributed by atoms with van der Waals surface area (Å²) < 4.78 is 5.56. The number of para-hydroxylation sites is 1. The Kier molecular flexibility index (Phi) is 8.94. The summed E-state index contributed by atoms with van der Waals surface area (Å²) in [6, 6.07) is 6.77. The third kappa shape index (κ3) is 6.87. The highest BCUT2D eigenvalue weighted by Crippen LogP contribution is 2.18. The first kappa shape index (κ1) is 17.9. The molecule has 21 heavy (non-hydrogen) atoms. The molecule has 1 aromatic carbocycles. The van der Waals surface area contributed by atoms with Crippen LogP contribution in [0.15, 0.2) is 24.3 Å². The Hall–Kier alpha value is -1.20. The van der Waals surface area contributed by atoms with Gasteiger partial charge in [0.25, 0.3) is 0 Å². The van der Waals surface area contributed by atoms with Gasteiger partial charge in [-0.3, -0.25) is 0 Å². The van der Waals surface area contributed by atoms with Crippen LogP contribution in [0.5, 0.6) is 5.75 Å². The predicted molar refractivity (Wildman–Crippen MR) is 88.6 cm³/mol. The van der Waals surface area contributed by atoms with Gasteiger partial charge in [0.2, 0.25) is 0 Å². The SMILES string of the molecule is CCN(CC)CCSCCCOc1ccccc1C(=O)O. The first-order valence-corrected chi connectivity index (χ1v) is 8.59. The number of thioether (sulfide) groups is 1. The number of nitrogens with zero attached hydrogens (tertiary/aromatic N) is 1. The normalized spacial score (nSPS) is 10.8. The fourth-order valence-corrected chi connectivity index (χ4v) is 2.86. The molecule has 0 aliphatic heterocycles. The maximum absolute atomic E-state index is 11.0. The molecular formula is C16H25NO3S. The largest absolute Gasteiger partial charge is 0.493 e. The third-order valence-corrected chi connectivity index (χ3v) is 4.30. The van der Waals surface area contributed by atoms with Crippen LogP contribution in [0.4, 0.5) is 0 Å². The molecule has 0 atom stereocenters. The Balaban J connectivity index is 2.16. The molecule has 0 bridgehead atoms. The van der Waals surface area contributed by atoms with Crippen LogP contribution in [0.2, 0.25) is 0 Å². The molecule has 0 spiro atoms. The second-order valence-electron chi connectivity index (χ2n) is 4.64. The highest BCUT2D eigenvalue weighted by molar-refractivity contribution is 7.99. The minimum absolute atomic E-state index is 0.228. The smallest absolute Gasteiger partial charge is 0.339 e. The zero-order valence-electron chi connectivity index (χ0n) is 12.9. The van der Waals surface area contributed by atoms with Gasteiger partial charge in [0.1, 0.15) is 11.3 Å². The summed E-state index contributed by atoms with van der Waals surface area (Å²) in [4.78, 5) is 13.4. The summed E-state index contributed by atoms with van der Waals surface area (Å²) in [5.74, 6) is 1.68. The highest BCUT2D eigenvalue weighted by Gasteiger charge is 2.09. The van der Waals surface area contributed by atoms with Gasteiger partial charge in [-0.25, -0.2) is 4.79 Å². The zero-order chi connectivity index (χ0) is 15.5. The molecule has 0 heterocycles. The van der Waals surface area contributed by atoms with Crippen molar-refractivity contribution in [2.24, 2.45) is 0 Å². The average molecular weight is 311 g/mol. The minimum Gasteiger partial charge on any atom is -0.493 e. The first-order chi connectivity index (χ1) is 10.2. The molecular weight excluding hydrogens is 286 g/mol. The van der Waals surface area contributed by atoms with E-state index in [1.165, 1.54) is 0 Å². The Labute approximate surface area is 131 Å². The van der Waals surface area contributed by atoms with E-state index in [0.29, 0.717) is 12.4 Å². The number of hydrogen-bond acceptors (Lipinski definition) is 4. The van der Waals surface area contributed by atoms with Crippen molar-refractivity contribution in [1.29, 1.82) is 0 Å². The van der Waals surface area contributed by atoms with Gasteiger partial charge in [0, 0.05) is 12.3 Å². The van der Waals surface area contributed by atoms with E-state index in [0.717, 1.165) is 37.6 Å². The number of benzene rings is 1. The highest BCUT2D eigenvalue weighted by atomic mass is 32.2. The number of ether oxygens (including phenoxy) is 1. The van der Waals surface area contributed by atoms with Crippen molar-refractivity contribution in [2.45, 2.75) is 20.3 Å². The molecule has 1 aromatic rings. The van der Waals surface area contributed by atoms with Crippen molar-refractivity contribution in [2.75, 3.05) is 37.7 Å². The Morgan fingerprint density at radius 2 is 1.95 bits per heavy atom. The molecule has 118 valence electrons. The van der Waals surface area contributed by atoms with E-state index >= 15 is 0 Å². The molecule has 0 radical (unpaired) electrons. The van der Waals surface area contributed by atoms with E-state index in [1.807, 2.05) is 11.8 Å². The maximum atomic E-state index is 11.0. The van der Waals surface area contributed by atoms with Crippen molar-refractivity contribution in [3.8, 4) is 5.75 Å². The minimum atomic E-state index is -0.945. The topological polar surface area (TPSA) is 49.8 Å². The molecule has 0 fully saturated rings. The monoisotopic (exact) mass is 311 g/mol. The number of rotatable bonds is 11. The second-order valence-corrected chi connectivity index (χ2v) is 5.87. The number of aromatic carboxylic acids is 1. The number of carboxylic acids is 1. The van der Waals surface area contributed by atoms with Gasteiger partial charge in [-0.15, -0.1) is 0 Å². The van der Waals surface area contributed by atoms with Crippen molar-refractivity contribution >= 4 is 17.7 Å². The van der Waals surface area contributed by atoms with E-state index in [9.17, 15) is 4.79 Å². The second kappa shape index (κ2) is 10.5. The Morgan fingerprint density at radius 3 is 2.62 bits per heavy atom. The summed E-state index contributed by atoms with van der Waals surface area (Å²) >= 11 is 1.92. The van der Waals surface area contributed by atoms with E-state index in [1.54, 1.807) is 24.3 Å². The van der Waals surface area contributed by atoms with Gasteiger partial charge in [-0.1, -0.05) is 26.0 Å².